The number of nitrogens with one attached hydrogen (secondary N) is 1. The van der Waals surface area contributed by atoms with Crippen molar-refractivity contribution in [3.8, 4) is 0 Å². The molecule has 7 heteroatoms. The largest absolute Gasteiger partial charge is 0.322 e. The molecule has 0 aliphatic carbocycles. The number of carbonyl (C=O) groups excluding carboxylic acids is 1. The van der Waals surface area contributed by atoms with E-state index in [0.717, 1.165) is 38.9 Å². The van der Waals surface area contributed by atoms with Crippen molar-refractivity contribution in [3.63, 3.8) is 0 Å². The standard InChI is InChI=1S/C17H24N4O3/c1-3-19-10-9-13-7-8-14(11-19)20(13)17(22)18-15-5-4-6-16(12(15)2)21(23)24/h4-6,13-14H,3,7-11H2,1-2H3,(H,18,22). The maximum atomic E-state index is 12.8. The molecule has 3 rings (SSSR count). The Hall–Kier alpha value is -2.15. The fraction of sp³-hybridized carbons (Fsp3) is 0.588. The van der Waals surface area contributed by atoms with Crippen molar-refractivity contribution >= 4 is 17.4 Å². The minimum absolute atomic E-state index is 0.0313. The van der Waals surface area contributed by atoms with Gasteiger partial charge in [0, 0.05) is 31.2 Å². The Morgan fingerprint density at radius 1 is 1.33 bits per heavy atom. The molecule has 2 unspecified atom stereocenters. The quantitative estimate of drug-likeness (QED) is 0.682. The van der Waals surface area contributed by atoms with E-state index in [1.165, 1.54) is 6.07 Å². The van der Waals surface area contributed by atoms with E-state index in [-0.39, 0.29) is 23.8 Å². The summed E-state index contributed by atoms with van der Waals surface area (Å²) in [5.41, 5.74) is 1.04. The summed E-state index contributed by atoms with van der Waals surface area (Å²) >= 11 is 0. The minimum atomic E-state index is -0.417. The van der Waals surface area contributed by atoms with Crippen LogP contribution in [0.5, 0.6) is 0 Å². The molecule has 0 radical (unpaired) electrons. The fourth-order valence-electron chi connectivity index (χ4n) is 3.90. The highest BCUT2D eigenvalue weighted by Crippen LogP contribution is 2.32. The number of nitrogens with zero attached hydrogens (tertiary/aromatic N) is 3. The molecule has 0 saturated carbocycles. The van der Waals surface area contributed by atoms with Crippen molar-refractivity contribution in [1.29, 1.82) is 0 Å². The van der Waals surface area contributed by atoms with Crippen molar-refractivity contribution in [3.05, 3.63) is 33.9 Å². The SMILES string of the molecule is CCN1CCC2CCC(C1)N2C(=O)Nc1cccc([N+](=O)[O-])c1C. The van der Waals surface area contributed by atoms with Gasteiger partial charge >= 0.3 is 6.03 Å². The van der Waals surface area contributed by atoms with Crippen molar-refractivity contribution in [1.82, 2.24) is 9.80 Å². The number of fused-ring (bicyclic) bond motifs is 2. The predicted molar refractivity (Wildman–Crippen MR) is 92.2 cm³/mol. The van der Waals surface area contributed by atoms with Crippen LogP contribution in [0, 0.1) is 17.0 Å². The first kappa shape index (κ1) is 16.7. The Bertz CT molecular complexity index is 649. The third-order valence-electron chi connectivity index (χ3n) is 5.29. The molecule has 1 aromatic carbocycles. The van der Waals surface area contributed by atoms with Gasteiger partial charge in [-0.05, 0) is 38.8 Å². The number of nitro benzene ring substituents is 1. The average Bonchev–Trinajstić information content (AvgIpc) is 2.84. The fourth-order valence-corrected chi connectivity index (χ4v) is 3.90. The van der Waals surface area contributed by atoms with Crippen LogP contribution in [0.1, 0.15) is 31.7 Å². The number of likely N-dealkylation sites (tertiary alicyclic amines) is 1. The Morgan fingerprint density at radius 2 is 2.08 bits per heavy atom. The molecule has 2 fully saturated rings. The van der Waals surface area contributed by atoms with Gasteiger partial charge in [0.1, 0.15) is 0 Å². The van der Waals surface area contributed by atoms with E-state index in [1.807, 2.05) is 4.90 Å². The molecule has 2 saturated heterocycles. The second-order valence-electron chi connectivity index (χ2n) is 6.61. The number of amides is 2. The summed E-state index contributed by atoms with van der Waals surface area (Å²) in [5, 5.41) is 14.0. The maximum absolute atomic E-state index is 12.8. The maximum Gasteiger partial charge on any atom is 0.322 e. The lowest BCUT2D eigenvalue weighted by molar-refractivity contribution is -0.385. The highest BCUT2D eigenvalue weighted by atomic mass is 16.6. The van der Waals surface area contributed by atoms with Crippen LogP contribution in [0.15, 0.2) is 18.2 Å². The lowest BCUT2D eigenvalue weighted by Gasteiger charge is -2.29. The van der Waals surface area contributed by atoms with Gasteiger partial charge in [0.25, 0.3) is 5.69 Å². The highest BCUT2D eigenvalue weighted by Gasteiger charge is 2.39. The van der Waals surface area contributed by atoms with E-state index < -0.39 is 4.92 Å². The van der Waals surface area contributed by atoms with E-state index in [1.54, 1.807) is 19.1 Å². The van der Waals surface area contributed by atoms with Crippen LogP contribution < -0.4 is 5.32 Å². The van der Waals surface area contributed by atoms with Gasteiger partial charge < -0.3 is 15.1 Å². The molecule has 2 atom stereocenters. The third kappa shape index (κ3) is 3.08. The first-order valence-electron chi connectivity index (χ1n) is 8.57. The zero-order valence-corrected chi connectivity index (χ0v) is 14.2. The molecule has 0 spiro atoms. The molecule has 1 aromatic rings. The van der Waals surface area contributed by atoms with Crippen molar-refractivity contribution in [2.45, 2.75) is 45.2 Å². The summed E-state index contributed by atoms with van der Waals surface area (Å²) in [6, 6.07) is 5.15. The highest BCUT2D eigenvalue weighted by molar-refractivity contribution is 5.91. The molecular formula is C17H24N4O3. The normalized spacial score (nSPS) is 23.8. The van der Waals surface area contributed by atoms with Gasteiger partial charge in [-0.3, -0.25) is 10.1 Å². The van der Waals surface area contributed by atoms with Gasteiger partial charge in [0.15, 0.2) is 0 Å². The second-order valence-corrected chi connectivity index (χ2v) is 6.61. The summed E-state index contributed by atoms with van der Waals surface area (Å²) in [4.78, 5) is 27.8. The Labute approximate surface area is 141 Å². The van der Waals surface area contributed by atoms with Crippen LogP contribution in [0.2, 0.25) is 0 Å². The average molecular weight is 332 g/mol. The minimum Gasteiger partial charge on any atom is -0.317 e. The lowest BCUT2D eigenvalue weighted by Crippen LogP contribution is -2.45. The van der Waals surface area contributed by atoms with Crippen LogP contribution in [-0.2, 0) is 0 Å². The summed E-state index contributed by atoms with van der Waals surface area (Å²) < 4.78 is 0. The number of urea groups is 1. The zero-order chi connectivity index (χ0) is 17.3. The van der Waals surface area contributed by atoms with E-state index in [4.69, 9.17) is 0 Å². The molecule has 2 aliphatic rings. The molecule has 2 aliphatic heterocycles. The first-order valence-corrected chi connectivity index (χ1v) is 8.57. The van der Waals surface area contributed by atoms with Crippen LogP contribution in [0.4, 0.5) is 16.2 Å². The number of rotatable bonds is 3. The van der Waals surface area contributed by atoms with E-state index in [9.17, 15) is 14.9 Å². The van der Waals surface area contributed by atoms with Crippen LogP contribution in [-0.4, -0.2) is 52.5 Å². The van der Waals surface area contributed by atoms with Crippen LogP contribution in [0.3, 0.4) is 0 Å². The Morgan fingerprint density at radius 3 is 2.79 bits per heavy atom. The molecule has 130 valence electrons. The predicted octanol–water partition coefficient (Wildman–Crippen LogP) is 2.99. The molecular weight excluding hydrogens is 308 g/mol. The van der Waals surface area contributed by atoms with Gasteiger partial charge in [-0.2, -0.15) is 0 Å². The monoisotopic (exact) mass is 332 g/mol. The lowest BCUT2D eigenvalue weighted by atomic mass is 10.1. The van der Waals surface area contributed by atoms with Gasteiger partial charge in [-0.25, -0.2) is 4.79 Å². The first-order chi connectivity index (χ1) is 11.5. The molecule has 2 amide bonds. The number of anilines is 1. The number of carbonyl (C=O) groups is 1. The number of nitro groups is 1. The van der Waals surface area contributed by atoms with E-state index in [2.05, 4.69) is 17.1 Å². The summed E-state index contributed by atoms with van der Waals surface area (Å²) in [6.45, 7) is 6.76. The topological polar surface area (TPSA) is 78.7 Å². The smallest absolute Gasteiger partial charge is 0.317 e. The number of hydrogen-bond acceptors (Lipinski definition) is 4. The number of hydrogen-bond donors (Lipinski definition) is 1. The summed E-state index contributed by atoms with van der Waals surface area (Å²) in [7, 11) is 0. The van der Waals surface area contributed by atoms with Crippen LogP contribution >= 0.6 is 0 Å². The Kier molecular flexibility index (Phi) is 4.71. The number of likely N-dealkylation sites (N-methyl/N-ethyl adjacent to an activating group) is 1. The van der Waals surface area contributed by atoms with E-state index in [0.29, 0.717) is 11.3 Å². The molecule has 2 heterocycles. The van der Waals surface area contributed by atoms with E-state index >= 15 is 0 Å². The zero-order valence-electron chi connectivity index (χ0n) is 14.2. The molecule has 7 nitrogen and oxygen atoms in total. The molecule has 24 heavy (non-hydrogen) atoms. The van der Waals surface area contributed by atoms with Crippen molar-refractivity contribution < 1.29 is 9.72 Å². The summed E-state index contributed by atoms with van der Waals surface area (Å²) in [5.74, 6) is 0. The van der Waals surface area contributed by atoms with Gasteiger partial charge in [-0.1, -0.05) is 13.0 Å². The van der Waals surface area contributed by atoms with Gasteiger partial charge in [0.2, 0.25) is 0 Å². The van der Waals surface area contributed by atoms with Crippen molar-refractivity contribution in [2.75, 3.05) is 25.0 Å². The summed E-state index contributed by atoms with van der Waals surface area (Å²) in [6.07, 6.45) is 3.07. The van der Waals surface area contributed by atoms with Crippen molar-refractivity contribution in [2.24, 2.45) is 0 Å². The Balaban J connectivity index is 1.78. The second kappa shape index (κ2) is 6.76. The van der Waals surface area contributed by atoms with Gasteiger partial charge in [-0.15, -0.1) is 0 Å². The van der Waals surface area contributed by atoms with Gasteiger partial charge in [0.05, 0.1) is 16.2 Å². The molecule has 1 N–H and O–H groups in total. The molecule has 2 bridgehead atoms. The van der Waals surface area contributed by atoms with Crippen LogP contribution in [0.25, 0.3) is 0 Å². The molecule has 0 aromatic heterocycles. The third-order valence-corrected chi connectivity index (χ3v) is 5.29. The number of benzene rings is 1.